The molecule has 0 unspecified atom stereocenters. The van der Waals surface area contributed by atoms with Gasteiger partial charge in [-0.15, -0.1) is 0 Å². The highest BCUT2D eigenvalue weighted by atomic mass is 16.1. The number of hydrogen-bond donors (Lipinski definition) is 0. The molecule has 8 rings (SSSR count). The molecule has 8 aliphatic rings. The Bertz CT molecular complexity index is 1480. The standard InChI is InChI=1S/2C27H44O/c1-18(2)25(28)14-9-19(3)22-12-13-23-21-11-10-20-8-6-7-16-26(20,4)24(21)15-17-27(22,23)5;1-18(2)7-6-8-19(3)23-11-12-24-22-10-9-20-17-21(28)13-15-26(20,4)25(22)14-16-27(23,24)5/h8,18-19,21-24H,6-7,9-17H2,1-5H3;17-19,22-25H,6-16H2,1-5H3/t19-,21+,22-,23+,24+,26+,27-;19-,22+,23-,24+,25+,26+,27-/m11/s1. The topological polar surface area (TPSA) is 34.1 Å². The van der Waals surface area contributed by atoms with Crippen molar-refractivity contribution in [2.24, 2.45) is 92.7 Å². The summed E-state index contributed by atoms with van der Waals surface area (Å²) in [5, 5.41) is 0. The molecule has 0 aromatic carbocycles. The number of carbonyl (C=O) groups is 2. The lowest BCUT2D eigenvalue weighted by atomic mass is 9.46. The fraction of sp³-hybridized carbons (Fsp3) is 0.889. The Hall–Kier alpha value is -1.18. The summed E-state index contributed by atoms with van der Waals surface area (Å²) in [6, 6.07) is 0. The van der Waals surface area contributed by atoms with Crippen LogP contribution in [0.5, 0.6) is 0 Å². The molecule has 0 amide bonds. The minimum Gasteiger partial charge on any atom is -0.299 e. The highest BCUT2D eigenvalue weighted by Crippen LogP contribution is 2.69. The van der Waals surface area contributed by atoms with E-state index in [2.05, 4.69) is 81.4 Å². The van der Waals surface area contributed by atoms with Gasteiger partial charge in [0.15, 0.2) is 5.78 Å². The molecule has 0 saturated heterocycles. The quantitative estimate of drug-likeness (QED) is 0.207. The second-order valence-electron chi connectivity index (χ2n) is 23.8. The average molecular weight is 769 g/mol. The zero-order chi connectivity index (χ0) is 40.2. The third-order valence-corrected chi connectivity index (χ3v) is 20.4. The molecule has 14 atom stereocenters. The molecule has 0 radical (unpaired) electrons. The minimum absolute atomic E-state index is 0.204. The maximum absolute atomic E-state index is 12.2. The van der Waals surface area contributed by atoms with Crippen LogP contribution in [0.25, 0.3) is 0 Å². The van der Waals surface area contributed by atoms with Crippen LogP contribution in [0.4, 0.5) is 0 Å². The van der Waals surface area contributed by atoms with Crippen LogP contribution in [-0.2, 0) is 9.59 Å². The van der Waals surface area contributed by atoms with Crippen molar-refractivity contribution in [2.75, 3.05) is 0 Å². The summed E-state index contributed by atoms with van der Waals surface area (Å²) in [6.45, 7) is 24.4. The Balaban J connectivity index is 0.000000172. The van der Waals surface area contributed by atoms with Gasteiger partial charge in [0, 0.05) is 18.8 Å². The van der Waals surface area contributed by atoms with E-state index < -0.39 is 0 Å². The van der Waals surface area contributed by atoms with E-state index in [1.807, 2.05) is 5.57 Å². The van der Waals surface area contributed by atoms with Gasteiger partial charge < -0.3 is 0 Å². The molecule has 0 aromatic rings. The maximum Gasteiger partial charge on any atom is 0.155 e. The fourth-order valence-electron chi connectivity index (χ4n) is 17.2. The average Bonchev–Trinajstić information content (AvgIpc) is 3.70. The summed E-state index contributed by atoms with van der Waals surface area (Å²) < 4.78 is 0. The molecule has 316 valence electrons. The van der Waals surface area contributed by atoms with Crippen LogP contribution in [0.1, 0.15) is 210 Å². The van der Waals surface area contributed by atoms with Crippen molar-refractivity contribution in [1.82, 2.24) is 0 Å². The van der Waals surface area contributed by atoms with Gasteiger partial charge in [-0.3, -0.25) is 9.59 Å². The summed E-state index contributed by atoms with van der Waals surface area (Å²) >= 11 is 0. The number of carbonyl (C=O) groups excluding carboxylic acids is 2. The van der Waals surface area contributed by atoms with Crippen LogP contribution in [0.15, 0.2) is 23.3 Å². The van der Waals surface area contributed by atoms with Crippen molar-refractivity contribution in [3.63, 3.8) is 0 Å². The first kappa shape index (κ1) is 42.9. The van der Waals surface area contributed by atoms with E-state index >= 15 is 0 Å². The smallest absolute Gasteiger partial charge is 0.155 e. The van der Waals surface area contributed by atoms with Crippen LogP contribution in [-0.4, -0.2) is 11.6 Å². The SMILES string of the molecule is CC(C)C(=O)CC[C@@H](C)[C@H]1CC[C@H]2[C@@H]3CCC4=CCCC[C@]4(C)[C@H]3CC[C@]12C.CC(C)CCC[C@@H](C)[C@H]1CC[C@H]2[C@@H]3CCC4=CC(=O)CC[C@]4(C)[C@H]3CC[C@]12C. The molecule has 56 heavy (non-hydrogen) atoms. The van der Waals surface area contributed by atoms with Crippen molar-refractivity contribution < 1.29 is 9.59 Å². The molecule has 2 nitrogen and oxygen atoms in total. The van der Waals surface area contributed by atoms with E-state index in [0.717, 1.165) is 84.9 Å². The Kier molecular flexibility index (Phi) is 12.8. The maximum atomic E-state index is 12.2. The first-order valence-corrected chi connectivity index (χ1v) is 25.0. The molecular formula is C54H88O2. The minimum atomic E-state index is 0.204. The molecule has 0 aromatic heterocycles. The molecule has 0 N–H and O–H groups in total. The van der Waals surface area contributed by atoms with Gasteiger partial charge in [0.05, 0.1) is 0 Å². The van der Waals surface area contributed by atoms with Gasteiger partial charge in [-0.1, -0.05) is 106 Å². The molecule has 0 spiro atoms. The van der Waals surface area contributed by atoms with Gasteiger partial charge >= 0.3 is 0 Å². The zero-order valence-electron chi connectivity index (χ0n) is 38.5. The van der Waals surface area contributed by atoms with Crippen molar-refractivity contribution >= 4 is 11.6 Å². The van der Waals surface area contributed by atoms with Crippen LogP contribution in [0.3, 0.4) is 0 Å². The van der Waals surface area contributed by atoms with E-state index in [9.17, 15) is 9.59 Å². The van der Waals surface area contributed by atoms with Crippen LogP contribution >= 0.6 is 0 Å². The van der Waals surface area contributed by atoms with Gasteiger partial charge in [0.25, 0.3) is 0 Å². The fourth-order valence-corrected chi connectivity index (χ4v) is 17.2. The Morgan fingerprint density at radius 2 is 1.18 bits per heavy atom. The number of allylic oxidation sites excluding steroid dienone is 3. The van der Waals surface area contributed by atoms with Crippen molar-refractivity contribution in [3.8, 4) is 0 Å². The number of ketones is 2. The summed E-state index contributed by atoms with van der Waals surface area (Å²) in [7, 11) is 0. The second-order valence-corrected chi connectivity index (χ2v) is 23.8. The third-order valence-electron chi connectivity index (χ3n) is 20.4. The van der Waals surface area contributed by atoms with Crippen LogP contribution in [0, 0.1) is 92.7 Å². The van der Waals surface area contributed by atoms with Crippen LogP contribution in [0.2, 0.25) is 0 Å². The van der Waals surface area contributed by atoms with Crippen LogP contribution < -0.4 is 0 Å². The van der Waals surface area contributed by atoms with Crippen molar-refractivity contribution in [1.29, 1.82) is 0 Å². The zero-order valence-corrected chi connectivity index (χ0v) is 38.5. The number of hydrogen-bond acceptors (Lipinski definition) is 2. The number of rotatable bonds is 10. The number of fused-ring (bicyclic) bond motifs is 10. The molecule has 6 saturated carbocycles. The van der Waals surface area contributed by atoms with E-state index in [4.69, 9.17) is 0 Å². The molecule has 0 aliphatic heterocycles. The number of Topliss-reactive ketones (excluding diaryl/α,β-unsaturated/α-hetero) is 1. The van der Waals surface area contributed by atoms with E-state index in [-0.39, 0.29) is 5.92 Å². The Morgan fingerprint density at radius 1 is 0.625 bits per heavy atom. The van der Waals surface area contributed by atoms with Gasteiger partial charge in [-0.2, -0.15) is 0 Å². The monoisotopic (exact) mass is 769 g/mol. The van der Waals surface area contributed by atoms with Gasteiger partial charge in [0.1, 0.15) is 5.78 Å². The highest BCUT2D eigenvalue weighted by Gasteiger charge is 2.61. The molecule has 0 bridgehead atoms. The summed E-state index contributed by atoms with van der Waals surface area (Å²) in [5.41, 5.74) is 5.33. The predicted molar refractivity (Wildman–Crippen MR) is 236 cm³/mol. The van der Waals surface area contributed by atoms with E-state index in [1.54, 1.807) is 0 Å². The van der Waals surface area contributed by atoms with Gasteiger partial charge in [0.2, 0.25) is 0 Å². The normalized spacial score (nSPS) is 43.8. The van der Waals surface area contributed by atoms with Crippen molar-refractivity contribution in [3.05, 3.63) is 23.3 Å². The summed E-state index contributed by atoms with van der Waals surface area (Å²) in [6.07, 6.45) is 33.9. The van der Waals surface area contributed by atoms with Gasteiger partial charge in [-0.05, 0) is 202 Å². The second kappa shape index (κ2) is 16.7. The Labute approximate surface area is 346 Å². The molecule has 0 heterocycles. The predicted octanol–water partition coefficient (Wildman–Crippen LogP) is 15.2. The van der Waals surface area contributed by atoms with E-state index in [0.29, 0.717) is 39.1 Å². The molecular weight excluding hydrogens is 681 g/mol. The molecule has 6 fully saturated rings. The van der Waals surface area contributed by atoms with E-state index in [1.165, 1.54) is 121 Å². The van der Waals surface area contributed by atoms with Crippen molar-refractivity contribution in [2.45, 2.75) is 210 Å². The first-order chi connectivity index (χ1) is 26.5. The lowest BCUT2D eigenvalue weighted by Crippen LogP contribution is -2.50. The third kappa shape index (κ3) is 7.69. The lowest BCUT2D eigenvalue weighted by Gasteiger charge is -2.58. The lowest BCUT2D eigenvalue weighted by molar-refractivity contribution is -0.122. The summed E-state index contributed by atoms with van der Waals surface area (Å²) in [4.78, 5) is 24.2. The first-order valence-electron chi connectivity index (χ1n) is 25.0. The summed E-state index contributed by atoms with van der Waals surface area (Å²) in [5.74, 6) is 10.9. The highest BCUT2D eigenvalue weighted by molar-refractivity contribution is 5.91. The van der Waals surface area contributed by atoms with Gasteiger partial charge in [-0.25, -0.2) is 0 Å². The molecule has 2 heteroatoms. The Morgan fingerprint density at radius 3 is 1.75 bits per heavy atom. The largest absolute Gasteiger partial charge is 0.299 e. The molecule has 8 aliphatic carbocycles.